The van der Waals surface area contributed by atoms with Crippen LogP contribution in [0.1, 0.15) is 17.5 Å². The van der Waals surface area contributed by atoms with Crippen LogP contribution in [0.3, 0.4) is 0 Å². The van der Waals surface area contributed by atoms with E-state index in [1.54, 1.807) is 24.5 Å². The Labute approximate surface area is 158 Å². The summed E-state index contributed by atoms with van der Waals surface area (Å²) in [6.45, 7) is 0. The van der Waals surface area contributed by atoms with Crippen LogP contribution in [0.15, 0.2) is 42.9 Å². The number of hydrogen-bond acceptors (Lipinski definition) is 4. The van der Waals surface area contributed by atoms with Crippen molar-refractivity contribution in [2.24, 2.45) is 0 Å². The Morgan fingerprint density at radius 2 is 1.93 bits per heavy atom. The van der Waals surface area contributed by atoms with Gasteiger partial charge in [0.15, 0.2) is 5.15 Å². The Hall–Kier alpha value is -3.31. The van der Waals surface area contributed by atoms with Gasteiger partial charge in [0.05, 0.1) is 17.6 Å². The van der Waals surface area contributed by atoms with E-state index in [0.29, 0.717) is 11.4 Å². The molecule has 0 saturated carbocycles. The van der Waals surface area contributed by atoms with E-state index in [9.17, 15) is 13.6 Å². The monoisotopic (exact) mass is 387 g/mol. The van der Waals surface area contributed by atoms with Crippen LogP contribution in [0.4, 0.5) is 14.5 Å². The second-order valence-electron chi connectivity index (χ2n) is 5.56. The molecule has 3 aromatic rings. The van der Waals surface area contributed by atoms with Crippen molar-refractivity contribution in [1.82, 2.24) is 14.8 Å². The van der Waals surface area contributed by atoms with Gasteiger partial charge in [-0.1, -0.05) is 11.6 Å². The standard InChI is InChI=1S/C18H12ClF2N5O/c19-18-16(10-24-26(18)12-3-5-23-6-4-12)25-17(27)2-1-11-7-14(20)13(9-22)15(21)8-11/h3-8,10H,1-2H2,(H,25,27). The minimum atomic E-state index is -0.949. The predicted octanol–water partition coefficient (Wildman–Crippen LogP) is 3.64. The van der Waals surface area contributed by atoms with E-state index in [1.165, 1.54) is 16.9 Å². The molecule has 0 radical (unpaired) electrons. The zero-order valence-corrected chi connectivity index (χ0v) is 14.5. The van der Waals surface area contributed by atoms with Crippen molar-refractivity contribution in [3.63, 3.8) is 0 Å². The first-order valence-electron chi connectivity index (χ1n) is 7.81. The maximum atomic E-state index is 13.6. The van der Waals surface area contributed by atoms with Gasteiger partial charge >= 0.3 is 0 Å². The Bertz CT molecular complexity index is 1010. The van der Waals surface area contributed by atoms with E-state index in [2.05, 4.69) is 15.4 Å². The molecule has 3 rings (SSSR count). The van der Waals surface area contributed by atoms with Crippen LogP contribution >= 0.6 is 11.6 Å². The number of anilines is 1. The Balaban J connectivity index is 1.66. The van der Waals surface area contributed by atoms with Gasteiger partial charge in [-0.2, -0.15) is 10.4 Å². The van der Waals surface area contributed by atoms with Gasteiger partial charge in [-0.3, -0.25) is 9.78 Å². The van der Waals surface area contributed by atoms with Crippen LogP contribution in [0.2, 0.25) is 5.15 Å². The van der Waals surface area contributed by atoms with Gasteiger partial charge in [-0.05, 0) is 36.2 Å². The molecule has 0 bridgehead atoms. The molecule has 0 aliphatic rings. The molecular formula is C18H12ClF2N5O. The lowest BCUT2D eigenvalue weighted by Crippen LogP contribution is -2.12. The van der Waals surface area contributed by atoms with E-state index < -0.39 is 23.1 Å². The second kappa shape index (κ2) is 7.93. The summed E-state index contributed by atoms with van der Waals surface area (Å²) in [5.74, 6) is -2.29. The Kier molecular flexibility index (Phi) is 5.43. The van der Waals surface area contributed by atoms with Crippen molar-refractivity contribution >= 4 is 23.2 Å². The number of pyridine rings is 1. The average molecular weight is 388 g/mol. The average Bonchev–Trinajstić information content (AvgIpc) is 3.01. The Morgan fingerprint density at radius 1 is 1.26 bits per heavy atom. The fraction of sp³-hybridized carbons (Fsp3) is 0.111. The van der Waals surface area contributed by atoms with Crippen molar-refractivity contribution < 1.29 is 13.6 Å². The quantitative estimate of drug-likeness (QED) is 0.724. The van der Waals surface area contributed by atoms with Crippen LogP contribution in [0.25, 0.3) is 5.69 Å². The van der Waals surface area contributed by atoms with Crippen LogP contribution < -0.4 is 5.32 Å². The minimum Gasteiger partial charge on any atom is -0.322 e. The maximum Gasteiger partial charge on any atom is 0.224 e. The molecule has 6 nitrogen and oxygen atoms in total. The molecular weight excluding hydrogens is 376 g/mol. The highest BCUT2D eigenvalue weighted by Crippen LogP contribution is 2.24. The van der Waals surface area contributed by atoms with Crippen molar-refractivity contribution in [2.45, 2.75) is 12.8 Å². The lowest BCUT2D eigenvalue weighted by molar-refractivity contribution is -0.116. The molecule has 9 heteroatoms. The number of hydrogen-bond donors (Lipinski definition) is 1. The SMILES string of the molecule is N#Cc1c(F)cc(CCC(=O)Nc2cnn(-c3ccncc3)c2Cl)cc1F. The highest BCUT2D eigenvalue weighted by molar-refractivity contribution is 6.32. The number of amides is 1. The lowest BCUT2D eigenvalue weighted by atomic mass is 10.1. The van der Waals surface area contributed by atoms with Gasteiger partial charge in [-0.15, -0.1) is 0 Å². The highest BCUT2D eigenvalue weighted by atomic mass is 35.5. The van der Waals surface area contributed by atoms with Gasteiger partial charge in [0.25, 0.3) is 0 Å². The molecule has 27 heavy (non-hydrogen) atoms. The van der Waals surface area contributed by atoms with Gasteiger partial charge in [0, 0.05) is 18.8 Å². The number of aryl methyl sites for hydroxylation is 1. The second-order valence-corrected chi connectivity index (χ2v) is 5.92. The number of nitrogens with one attached hydrogen (secondary N) is 1. The normalized spacial score (nSPS) is 10.4. The number of aromatic nitrogens is 3. The number of rotatable bonds is 5. The largest absolute Gasteiger partial charge is 0.322 e. The summed E-state index contributed by atoms with van der Waals surface area (Å²) in [7, 11) is 0. The van der Waals surface area contributed by atoms with Crippen LogP contribution in [-0.2, 0) is 11.2 Å². The molecule has 0 fully saturated rings. The van der Waals surface area contributed by atoms with Crippen molar-refractivity contribution in [3.05, 3.63) is 70.8 Å². The molecule has 0 atom stereocenters. The lowest BCUT2D eigenvalue weighted by Gasteiger charge is -2.06. The number of carbonyl (C=O) groups is 1. The molecule has 0 aliphatic heterocycles. The zero-order chi connectivity index (χ0) is 19.4. The fourth-order valence-corrected chi connectivity index (χ4v) is 2.67. The molecule has 0 unspecified atom stereocenters. The van der Waals surface area contributed by atoms with E-state index in [4.69, 9.17) is 16.9 Å². The zero-order valence-electron chi connectivity index (χ0n) is 13.8. The molecule has 0 aliphatic carbocycles. The van der Waals surface area contributed by atoms with Gasteiger partial charge in [-0.25, -0.2) is 13.5 Å². The van der Waals surface area contributed by atoms with Gasteiger partial charge in [0.1, 0.15) is 23.3 Å². The van der Waals surface area contributed by atoms with Crippen molar-refractivity contribution in [1.29, 1.82) is 5.26 Å². The van der Waals surface area contributed by atoms with E-state index >= 15 is 0 Å². The van der Waals surface area contributed by atoms with Crippen LogP contribution in [0, 0.1) is 23.0 Å². The molecule has 0 saturated heterocycles. The maximum absolute atomic E-state index is 13.6. The van der Waals surface area contributed by atoms with Crippen molar-refractivity contribution in [2.75, 3.05) is 5.32 Å². The molecule has 2 heterocycles. The number of carbonyl (C=O) groups excluding carboxylic acids is 1. The highest BCUT2D eigenvalue weighted by Gasteiger charge is 2.14. The van der Waals surface area contributed by atoms with E-state index in [0.717, 1.165) is 12.1 Å². The Morgan fingerprint density at radius 3 is 2.56 bits per heavy atom. The topological polar surface area (TPSA) is 83.6 Å². The van der Waals surface area contributed by atoms with Gasteiger partial charge < -0.3 is 5.32 Å². The van der Waals surface area contributed by atoms with Gasteiger partial charge in [0.2, 0.25) is 5.91 Å². The summed E-state index contributed by atoms with van der Waals surface area (Å²) in [5, 5.41) is 15.6. The number of nitrogens with zero attached hydrogens (tertiary/aromatic N) is 4. The summed E-state index contributed by atoms with van der Waals surface area (Å²) in [6.07, 6.45) is 4.65. The molecule has 1 amide bonds. The molecule has 2 aromatic heterocycles. The number of benzene rings is 1. The summed E-state index contributed by atoms with van der Waals surface area (Å²) in [4.78, 5) is 16.0. The summed E-state index contributed by atoms with van der Waals surface area (Å²) >= 11 is 6.23. The van der Waals surface area contributed by atoms with E-state index in [1.807, 2.05) is 0 Å². The van der Waals surface area contributed by atoms with Crippen molar-refractivity contribution in [3.8, 4) is 11.8 Å². The summed E-state index contributed by atoms with van der Waals surface area (Å²) < 4.78 is 28.6. The number of halogens is 3. The molecule has 1 N–H and O–H groups in total. The number of nitriles is 1. The first-order valence-corrected chi connectivity index (χ1v) is 8.19. The smallest absolute Gasteiger partial charge is 0.224 e. The minimum absolute atomic E-state index is 0.0262. The third kappa shape index (κ3) is 4.10. The third-order valence-electron chi connectivity index (χ3n) is 3.75. The third-order valence-corrected chi connectivity index (χ3v) is 4.11. The molecule has 1 aromatic carbocycles. The van der Waals surface area contributed by atoms with Crippen LogP contribution in [0.5, 0.6) is 0 Å². The summed E-state index contributed by atoms with van der Waals surface area (Å²) in [5.41, 5.74) is 0.630. The van der Waals surface area contributed by atoms with Crippen LogP contribution in [-0.4, -0.2) is 20.7 Å². The first-order chi connectivity index (χ1) is 13.0. The molecule has 136 valence electrons. The van der Waals surface area contributed by atoms with E-state index in [-0.39, 0.29) is 23.6 Å². The predicted molar refractivity (Wildman–Crippen MR) is 94.4 cm³/mol. The first kappa shape index (κ1) is 18.5. The molecule has 0 spiro atoms. The summed E-state index contributed by atoms with van der Waals surface area (Å²) in [6, 6.07) is 6.96. The fourth-order valence-electron chi connectivity index (χ4n) is 2.43.